The minimum atomic E-state index is -0.332. The molecule has 5 aromatic rings. The molecular formula is C32H31N3O2. The van der Waals surface area contributed by atoms with Gasteiger partial charge < -0.3 is 14.7 Å². The molecule has 5 nitrogen and oxygen atoms in total. The van der Waals surface area contributed by atoms with Crippen LogP contribution in [-0.4, -0.2) is 34.5 Å². The van der Waals surface area contributed by atoms with E-state index in [2.05, 4.69) is 87.8 Å². The van der Waals surface area contributed by atoms with Crippen molar-refractivity contribution in [1.29, 1.82) is 0 Å². The van der Waals surface area contributed by atoms with E-state index in [1.165, 1.54) is 57.2 Å². The summed E-state index contributed by atoms with van der Waals surface area (Å²) in [5, 5.41) is 2.56. The summed E-state index contributed by atoms with van der Waals surface area (Å²) in [6.07, 6.45) is 10.6. The standard InChI is InChI=1S/C32H31N3O2/c1-37-32(36)13-8-22-6-10-28-24(18-22)9-12-31(28)35(21-23-7-11-29-25(19-23)14-16-33-29)17-15-26-20-34-30-5-3-2-4-27(26)30/h2-8,10-11,13-14,16,18-20,31,33-34H,9,12,15,17,21H2,1H3. The fourth-order valence-electron chi connectivity index (χ4n) is 5.71. The second-order valence-electron chi connectivity index (χ2n) is 9.85. The van der Waals surface area contributed by atoms with Crippen molar-refractivity contribution in [2.24, 2.45) is 0 Å². The predicted octanol–water partition coefficient (Wildman–Crippen LogP) is 6.57. The smallest absolute Gasteiger partial charge is 0.330 e. The van der Waals surface area contributed by atoms with E-state index >= 15 is 0 Å². The summed E-state index contributed by atoms with van der Waals surface area (Å²) in [5.41, 5.74) is 8.87. The zero-order valence-corrected chi connectivity index (χ0v) is 21.0. The first-order valence-electron chi connectivity index (χ1n) is 12.9. The number of H-pyrrole nitrogens is 2. The van der Waals surface area contributed by atoms with Crippen LogP contribution in [0.2, 0.25) is 0 Å². The Morgan fingerprint density at radius 1 is 1.05 bits per heavy atom. The molecule has 0 saturated heterocycles. The summed E-state index contributed by atoms with van der Waals surface area (Å²) in [6.45, 7) is 1.87. The van der Waals surface area contributed by atoms with Crippen LogP contribution in [0.1, 0.15) is 40.3 Å². The minimum absolute atomic E-state index is 0.332. The van der Waals surface area contributed by atoms with Gasteiger partial charge in [0.05, 0.1) is 7.11 Å². The van der Waals surface area contributed by atoms with Crippen molar-refractivity contribution in [2.75, 3.05) is 13.7 Å². The highest BCUT2D eigenvalue weighted by Gasteiger charge is 2.28. The lowest BCUT2D eigenvalue weighted by Gasteiger charge is -2.30. The van der Waals surface area contributed by atoms with Crippen molar-refractivity contribution < 1.29 is 9.53 Å². The van der Waals surface area contributed by atoms with Crippen LogP contribution in [0, 0.1) is 0 Å². The van der Waals surface area contributed by atoms with Crippen LogP contribution in [0.3, 0.4) is 0 Å². The van der Waals surface area contributed by atoms with Crippen LogP contribution >= 0.6 is 0 Å². The van der Waals surface area contributed by atoms with E-state index in [1.807, 2.05) is 12.3 Å². The number of rotatable bonds is 8. The number of methoxy groups -OCH3 is 1. The molecule has 1 aliphatic carbocycles. The second kappa shape index (κ2) is 10.1. The Labute approximate surface area is 216 Å². The zero-order valence-electron chi connectivity index (χ0n) is 21.0. The first-order valence-corrected chi connectivity index (χ1v) is 12.9. The Morgan fingerprint density at radius 2 is 1.97 bits per heavy atom. The Hall–Kier alpha value is -4.09. The third-order valence-corrected chi connectivity index (χ3v) is 7.61. The fraction of sp³-hybridized carbons (Fsp3) is 0.219. The molecule has 5 heteroatoms. The molecule has 1 aliphatic rings. The van der Waals surface area contributed by atoms with Gasteiger partial charge in [-0.2, -0.15) is 0 Å². The fourth-order valence-corrected chi connectivity index (χ4v) is 5.71. The highest BCUT2D eigenvalue weighted by atomic mass is 16.5. The van der Waals surface area contributed by atoms with Crippen LogP contribution in [0.15, 0.2) is 85.2 Å². The van der Waals surface area contributed by atoms with Gasteiger partial charge in [0.25, 0.3) is 0 Å². The lowest BCUT2D eigenvalue weighted by Crippen LogP contribution is -2.29. The van der Waals surface area contributed by atoms with Crippen LogP contribution in [0.25, 0.3) is 27.9 Å². The van der Waals surface area contributed by atoms with Crippen molar-refractivity contribution >= 4 is 33.9 Å². The molecule has 1 unspecified atom stereocenters. The van der Waals surface area contributed by atoms with Gasteiger partial charge in [0.1, 0.15) is 0 Å². The van der Waals surface area contributed by atoms with Crippen molar-refractivity contribution in [3.8, 4) is 0 Å². The summed E-state index contributed by atoms with van der Waals surface area (Å²) in [6, 6.07) is 24.4. The number of nitrogens with one attached hydrogen (secondary N) is 2. The van der Waals surface area contributed by atoms with Gasteiger partial charge in [0.15, 0.2) is 0 Å². The van der Waals surface area contributed by atoms with Crippen LogP contribution in [0.5, 0.6) is 0 Å². The van der Waals surface area contributed by atoms with Crippen LogP contribution < -0.4 is 0 Å². The SMILES string of the molecule is COC(=O)C=Cc1ccc2c(c1)CCC2N(CCc1c[nH]c2ccccc12)Cc1ccc2[nH]ccc2c1. The van der Waals surface area contributed by atoms with Gasteiger partial charge in [0.2, 0.25) is 0 Å². The number of para-hydroxylation sites is 1. The Morgan fingerprint density at radius 3 is 2.89 bits per heavy atom. The molecule has 0 spiro atoms. The van der Waals surface area contributed by atoms with Gasteiger partial charge in [-0.05, 0) is 82.8 Å². The summed E-state index contributed by atoms with van der Waals surface area (Å²) in [5.74, 6) is -0.332. The maximum absolute atomic E-state index is 11.5. The topological polar surface area (TPSA) is 61.1 Å². The summed E-state index contributed by atoms with van der Waals surface area (Å²) in [7, 11) is 1.40. The van der Waals surface area contributed by atoms with E-state index in [0.717, 1.165) is 37.9 Å². The number of hydrogen-bond acceptors (Lipinski definition) is 3. The summed E-state index contributed by atoms with van der Waals surface area (Å²) < 4.78 is 4.74. The van der Waals surface area contributed by atoms with E-state index in [1.54, 1.807) is 0 Å². The number of fused-ring (bicyclic) bond motifs is 3. The number of nitrogens with zero attached hydrogens (tertiary/aromatic N) is 1. The first-order chi connectivity index (χ1) is 18.2. The van der Waals surface area contributed by atoms with E-state index in [-0.39, 0.29) is 5.97 Å². The molecule has 37 heavy (non-hydrogen) atoms. The van der Waals surface area contributed by atoms with Gasteiger partial charge in [-0.3, -0.25) is 4.90 Å². The van der Waals surface area contributed by atoms with Gasteiger partial charge in [-0.1, -0.05) is 42.5 Å². The van der Waals surface area contributed by atoms with Gasteiger partial charge in [-0.25, -0.2) is 4.79 Å². The van der Waals surface area contributed by atoms with E-state index < -0.39 is 0 Å². The highest BCUT2D eigenvalue weighted by Crippen LogP contribution is 2.38. The van der Waals surface area contributed by atoms with E-state index in [0.29, 0.717) is 6.04 Å². The number of aryl methyl sites for hydroxylation is 1. The Kier molecular flexibility index (Phi) is 6.37. The van der Waals surface area contributed by atoms with Gasteiger partial charge >= 0.3 is 5.97 Å². The largest absolute Gasteiger partial charge is 0.466 e. The van der Waals surface area contributed by atoms with Crippen LogP contribution in [-0.2, 0) is 28.9 Å². The third-order valence-electron chi connectivity index (χ3n) is 7.61. The molecule has 1 atom stereocenters. The zero-order chi connectivity index (χ0) is 25.2. The van der Waals surface area contributed by atoms with Crippen LogP contribution in [0.4, 0.5) is 0 Å². The molecule has 0 radical (unpaired) electrons. The first kappa shape index (κ1) is 23.3. The van der Waals surface area contributed by atoms with E-state index in [4.69, 9.17) is 4.74 Å². The highest BCUT2D eigenvalue weighted by molar-refractivity contribution is 5.87. The molecular weight excluding hydrogens is 458 g/mol. The molecule has 0 fully saturated rings. The number of aromatic nitrogens is 2. The maximum Gasteiger partial charge on any atom is 0.330 e. The minimum Gasteiger partial charge on any atom is -0.466 e. The molecule has 2 aromatic heterocycles. The number of hydrogen-bond donors (Lipinski definition) is 2. The number of carbonyl (C=O) groups excluding carboxylic acids is 1. The van der Waals surface area contributed by atoms with Gasteiger partial charge in [-0.15, -0.1) is 0 Å². The molecule has 0 aliphatic heterocycles. The average molecular weight is 490 g/mol. The third kappa shape index (κ3) is 4.83. The Bertz CT molecular complexity index is 1590. The maximum atomic E-state index is 11.5. The van der Waals surface area contributed by atoms with Gasteiger partial charge in [0, 0.05) is 54.0 Å². The second-order valence-corrected chi connectivity index (χ2v) is 9.85. The Balaban J connectivity index is 1.28. The number of aromatic amines is 2. The van der Waals surface area contributed by atoms with Crippen molar-refractivity contribution in [2.45, 2.75) is 31.8 Å². The van der Waals surface area contributed by atoms with Crippen molar-refractivity contribution in [1.82, 2.24) is 14.9 Å². The number of carbonyl (C=O) groups is 1. The lowest BCUT2D eigenvalue weighted by molar-refractivity contribution is -0.134. The molecule has 0 bridgehead atoms. The average Bonchev–Trinajstić information content (AvgIpc) is 3.67. The van der Waals surface area contributed by atoms with Crippen molar-refractivity contribution in [3.63, 3.8) is 0 Å². The summed E-state index contributed by atoms with van der Waals surface area (Å²) in [4.78, 5) is 20.9. The molecule has 2 heterocycles. The molecule has 6 rings (SSSR count). The molecule has 0 amide bonds. The molecule has 186 valence electrons. The predicted molar refractivity (Wildman–Crippen MR) is 149 cm³/mol. The monoisotopic (exact) mass is 489 g/mol. The molecule has 3 aromatic carbocycles. The summed E-state index contributed by atoms with van der Waals surface area (Å²) >= 11 is 0. The lowest BCUT2D eigenvalue weighted by atomic mass is 10.0. The van der Waals surface area contributed by atoms with E-state index in [9.17, 15) is 4.79 Å². The number of benzene rings is 3. The normalized spacial score (nSPS) is 15.2. The number of ether oxygens (including phenoxy) is 1. The van der Waals surface area contributed by atoms with Crippen molar-refractivity contribution in [3.05, 3.63) is 113 Å². The quantitative estimate of drug-likeness (QED) is 0.191. The molecule has 0 saturated carbocycles. The molecule has 2 N–H and O–H groups in total. The number of esters is 1.